The zero-order chi connectivity index (χ0) is 11.5. The summed E-state index contributed by atoms with van der Waals surface area (Å²) in [6, 6.07) is 5.75. The Kier molecular flexibility index (Phi) is 2.50. The molecule has 0 spiro atoms. The second-order valence-electron chi connectivity index (χ2n) is 3.69. The maximum Gasteiger partial charge on any atom is 0.246 e. The summed E-state index contributed by atoms with van der Waals surface area (Å²) in [5.41, 5.74) is 1.85. The second-order valence-corrected chi connectivity index (χ2v) is 3.69. The molecule has 0 bridgehead atoms. The largest absolute Gasteiger partial charge is 0.264 e. The Balaban J connectivity index is 1.97. The predicted molar refractivity (Wildman–Crippen MR) is 65.7 cm³/mol. The summed E-state index contributed by atoms with van der Waals surface area (Å²) >= 11 is 0. The van der Waals surface area contributed by atoms with Crippen LogP contribution in [0.15, 0.2) is 41.9 Å². The summed E-state index contributed by atoms with van der Waals surface area (Å²) in [7, 11) is 0. The molecule has 1 aliphatic rings. The Morgan fingerprint density at radius 1 is 1.18 bits per heavy atom. The molecule has 3 heterocycles. The number of rotatable bonds is 2. The van der Waals surface area contributed by atoms with Crippen LogP contribution in [0, 0.1) is 0 Å². The molecule has 5 heteroatoms. The van der Waals surface area contributed by atoms with Crippen molar-refractivity contribution in [1.82, 2.24) is 15.0 Å². The molecule has 1 aliphatic heterocycles. The minimum Gasteiger partial charge on any atom is -0.264 e. The zero-order valence-corrected chi connectivity index (χ0v) is 9.19. The molecule has 0 saturated heterocycles. The van der Waals surface area contributed by atoms with Crippen LogP contribution in [0.1, 0.15) is 6.42 Å². The third-order valence-corrected chi connectivity index (χ3v) is 2.52. The first kappa shape index (κ1) is 9.89. The Hall–Kier alpha value is -2.30. The lowest BCUT2D eigenvalue weighted by atomic mass is 10.2. The maximum absolute atomic E-state index is 4.49. The first-order valence-electron chi connectivity index (χ1n) is 5.47. The van der Waals surface area contributed by atoms with Gasteiger partial charge in [0.25, 0.3) is 0 Å². The molecule has 2 aromatic rings. The van der Waals surface area contributed by atoms with Gasteiger partial charge in [-0.05, 0) is 18.2 Å². The quantitative estimate of drug-likeness (QED) is 0.781. The van der Waals surface area contributed by atoms with Crippen molar-refractivity contribution in [2.45, 2.75) is 6.42 Å². The number of anilines is 1. The predicted octanol–water partition coefficient (Wildman–Crippen LogP) is 1.73. The summed E-state index contributed by atoms with van der Waals surface area (Å²) < 4.78 is 0. The van der Waals surface area contributed by atoms with Gasteiger partial charge < -0.3 is 0 Å². The number of nitrogens with zero attached hydrogens (tertiary/aromatic N) is 5. The molecular weight excluding hydrogens is 214 g/mol. The molecule has 0 radical (unpaired) electrons. The molecule has 0 aromatic carbocycles. The number of hydrogen-bond donors (Lipinski definition) is 0. The summed E-state index contributed by atoms with van der Waals surface area (Å²) in [5.74, 6) is 0.639. The fourth-order valence-electron chi connectivity index (χ4n) is 1.69. The monoisotopic (exact) mass is 225 g/mol. The fraction of sp³-hybridized carbons (Fsp3) is 0.167. The summed E-state index contributed by atoms with van der Waals surface area (Å²) in [6.07, 6.45) is 8.11. The normalized spacial score (nSPS) is 14.2. The number of aromatic nitrogens is 3. The van der Waals surface area contributed by atoms with Crippen molar-refractivity contribution in [2.75, 3.05) is 11.6 Å². The van der Waals surface area contributed by atoms with Crippen molar-refractivity contribution in [3.8, 4) is 11.3 Å². The smallest absolute Gasteiger partial charge is 0.246 e. The molecule has 2 aromatic heterocycles. The molecule has 0 amide bonds. The Morgan fingerprint density at radius 3 is 2.94 bits per heavy atom. The van der Waals surface area contributed by atoms with Crippen molar-refractivity contribution < 1.29 is 0 Å². The standard InChI is InChI=1S/C12H11N5/c1-3-10(9-13-5-1)11-4-7-14-12(16-11)17-8-2-6-15-17/h1,3-7,9H,2,8H2. The van der Waals surface area contributed by atoms with Gasteiger partial charge in [0.05, 0.1) is 5.69 Å². The van der Waals surface area contributed by atoms with Crippen LogP contribution in [0.2, 0.25) is 0 Å². The highest BCUT2D eigenvalue weighted by Gasteiger charge is 2.12. The van der Waals surface area contributed by atoms with Crippen molar-refractivity contribution in [1.29, 1.82) is 0 Å². The molecular formula is C12H11N5. The van der Waals surface area contributed by atoms with Crippen molar-refractivity contribution in [3.05, 3.63) is 36.8 Å². The highest BCUT2D eigenvalue weighted by molar-refractivity contribution is 5.64. The van der Waals surface area contributed by atoms with E-state index < -0.39 is 0 Å². The third-order valence-electron chi connectivity index (χ3n) is 2.52. The lowest BCUT2D eigenvalue weighted by Crippen LogP contribution is -2.15. The van der Waals surface area contributed by atoms with Crippen molar-refractivity contribution >= 4 is 12.2 Å². The Labute approximate surface area is 98.9 Å². The molecule has 0 fully saturated rings. The van der Waals surface area contributed by atoms with E-state index >= 15 is 0 Å². The van der Waals surface area contributed by atoms with Gasteiger partial charge in [0.15, 0.2) is 0 Å². The van der Waals surface area contributed by atoms with Crippen LogP contribution >= 0.6 is 0 Å². The average molecular weight is 225 g/mol. The lowest BCUT2D eigenvalue weighted by molar-refractivity contribution is 0.865. The lowest BCUT2D eigenvalue weighted by Gasteiger charge is -2.11. The Bertz CT molecular complexity index is 538. The van der Waals surface area contributed by atoms with Gasteiger partial charge in [0.2, 0.25) is 5.95 Å². The van der Waals surface area contributed by atoms with Crippen LogP contribution < -0.4 is 5.01 Å². The van der Waals surface area contributed by atoms with E-state index in [1.807, 2.05) is 24.4 Å². The number of hydrogen-bond acceptors (Lipinski definition) is 5. The molecule has 0 saturated carbocycles. The van der Waals surface area contributed by atoms with E-state index in [2.05, 4.69) is 20.1 Å². The first-order valence-corrected chi connectivity index (χ1v) is 5.47. The highest BCUT2D eigenvalue weighted by atomic mass is 15.5. The van der Waals surface area contributed by atoms with E-state index in [1.165, 1.54) is 0 Å². The maximum atomic E-state index is 4.49. The van der Waals surface area contributed by atoms with Crippen LogP contribution in [0.5, 0.6) is 0 Å². The third kappa shape index (κ3) is 1.99. The van der Waals surface area contributed by atoms with E-state index in [-0.39, 0.29) is 0 Å². The van der Waals surface area contributed by atoms with E-state index in [0.29, 0.717) is 5.95 Å². The van der Waals surface area contributed by atoms with Crippen LogP contribution in [-0.2, 0) is 0 Å². The Morgan fingerprint density at radius 2 is 2.18 bits per heavy atom. The van der Waals surface area contributed by atoms with Crippen LogP contribution in [0.25, 0.3) is 11.3 Å². The van der Waals surface area contributed by atoms with Gasteiger partial charge in [-0.2, -0.15) is 5.10 Å². The van der Waals surface area contributed by atoms with E-state index in [4.69, 9.17) is 0 Å². The molecule has 17 heavy (non-hydrogen) atoms. The second kappa shape index (κ2) is 4.29. The summed E-state index contributed by atoms with van der Waals surface area (Å²) in [5, 5.41) is 6.01. The summed E-state index contributed by atoms with van der Waals surface area (Å²) in [4.78, 5) is 12.8. The molecule has 0 N–H and O–H groups in total. The fourth-order valence-corrected chi connectivity index (χ4v) is 1.69. The van der Waals surface area contributed by atoms with Crippen LogP contribution in [0.4, 0.5) is 5.95 Å². The van der Waals surface area contributed by atoms with Gasteiger partial charge in [0, 0.05) is 43.3 Å². The number of pyridine rings is 1. The zero-order valence-electron chi connectivity index (χ0n) is 9.19. The van der Waals surface area contributed by atoms with Gasteiger partial charge in [-0.25, -0.2) is 15.0 Å². The highest BCUT2D eigenvalue weighted by Crippen LogP contribution is 2.18. The topological polar surface area (TPSA) is 54.3 Å². The van der Waals surface area contributed by atoms with Gasteiger partial charge in [-0.15, -0.1) is 0 Å². The first-order chi connectivity index (χ1) is 8.43. The summed E-state index contributed by atoms with van der Waals surface area (Å²) in [6.45, 7) is 0.844. The molecule has 84 valence electrons. The average Bonchev–Trinajstić information content (AvgIpc) is 2.94. The van der Waals surface area contributed by atoms with E-state index in [0.717, 1.165) is 24.2 Å². The number of hydrazone groups is 1. The SMILES string of the molecule is C1=NN(c2nccc(-c3cccnc3)n2)CC1. The molecule has 5 nitrogen and oxygen atoms in total. The molecule has 0 unspecified atom stereocenters. The van der Waals surface area contributed by atoms with Crippen LogP contribution in [-0.4, -0.2) is 27.7 Å². The van der Waals surface area contributed by atoms with Crippen LogP contribution in [0.3, 0.4) is 0 Å². The minimum atomic E-state index is 0.639. The van der Waals surface area contributed by atoms with Crippen molar-refractivity contribution in [2.24, 2.45) is 5.10 Å². The van der Waals surface area contributed by atoms with E-state index in [9.17, 15) is 0 Å². The minimum absolute atomic E-state index is 0.639. The van der Waals surface area contributed by atoms with Gasteiger partial charge >= 0.3 is 0 Å². The van der Waals surface area contributed by atoms with Gasteiger partial charge in [0.1, 0.15) is 0 Å². The van der Waals surface area contributed by atoms with Gasteiger partial charge in [-0.1, -0.05) is 0 Å². The molecule has 3 rings (SSSR count). The van der Waals surface area contributed by atoms with E-state index in [1.54, 1.807) is 23.6 Å². The molecule has 0 atom stereocenters. The van der Waals surface area contributed by atoms with Crippen molar-refractivity contribution in [3.63, 3.8) is 0 Å². The molecule has 0 aliphatic carbocycles. The van der Waals surface area contributed by atoms with Gasteiger partial charge in [-0.3, -0.25) is 4.98 Å².